The van der Waals surface area contributed by atoms with E-state index in [9.17, 15) is 4.79 Å². The number of amides is 1. The van der Waals surface area contributed by atoms with E-state index in [2.05, 4.69) is 53.7 Å². The summed E-state index contributed by atoms with van der Waals surface area (Å²) >= 11 is 0. The number of carbonyl (C=O) groups excluding carboxylic acids is 1. The maximum absolute atomic E-state index is 13.5. The molecule has 1 fully saturated rings. The van der Waals surface area contributed by atoms with E-state index in [1.165, 1.54) is 16.7 Å². The molecule has 1 N–H and O–H groups in total. The van der Waals surface area contributed by atoms with Crippen LogP contribution < -0.4 is 5.32 Å². The second-order valence-electron chi connectivity index (χ2n) is 7.77. The molecule has 1 saturated heterocycles. The zero-order valence-electron chi connectivity index (χ0n) is 16.4. The van der Waals surface area contributed by atoms with Gasteiger partial charge in [0, 0.05) is 25.9 Å². The predicted molar refractivity (Wildman–Crippen MR) is 108 cm³/mol. The number of ether oxygens (including phenoxy) is 2. The van der Waals surface area contributed by atoms with Crippen LogP contribution in [-0.2, 0) is 33.7 Å². The molecule has 0 spiro atoms. The molecule has 4 rings (SSSR count). The molecular formula is C23H28N2O3. The summed E-state index contributed by atoms with van der Waals surface area (Å²) in [5, 5.41) is 3.15. The quantitative estimate of drug-likeness (QED) is 0.835. The van der Waals surface area contributed by atoms with Gasteiger partial charge in [0.15, 0.2) is 0 Å². The summed E-state index contributed by atoms with van der Waals surface area (Å²) in [6, 6.07) is 18.7. The first-order chi connectivity index (χ1) is 13.7. The van der Waals surface area contributed by atoms with Crippen LogP contribution >= 0.6 is 0 Å². The van der Waals surface area contributed by atoms with Crippen molar-refractivity contribution < 1.29 is 14.3 Å². The van der Waals surface area contributed by atoms with Crippen LogP contribution in [0.1, 0.15) is 16.7 Å². The number of rotatable bonds is 6. The van der Waals surface area contributed by atoms with Gasteiger partial charge in [0.2, 0.25) is 5.91 Å². The Morgan fingerprint density at radius 2 is 1.75 bits per heavy atom. The molecule has 2 aliphatic rings. The Morgan fingerprint density at radius 3 is 2.39 bits per heavy atom. The molecule has 0 radical (unpaired) electrons. The van der Waals surface area contributed by atoms with Crippen LogP contribution in [0.4, 0.5) is 0 Å². The van der Waals surface area contributed by atoms with Crippen LogP contribution in [0, 0.1) is 0 Å². The molecule has 0 saturated carbocycles. The van der Waals surface area contributed by atoms with Crippen LogP contribution in [0.3, 0.4) is 0 Å². The molecule has 2 aromatic rings. The minimum Gasteiger partial charge on any atom is -0.376 e. The standard InChI is InChI=1S/C23H28N2O3/c1-25(16-18-7-3-2-4-8-18)23(13-19-9-5-6-10-20(19)14-23)22(26)24-15-21-17-27-11-12-28-21/h2-10,21H,11-17H2,1H3,(H,24,26). The van der Waals surface area contributed by atoms with Gasteiger partial charge in [-0.1, -0.05) is 54.6 Å². The second-order valence-corrected chi connectivity index (χ2v) is 7.77. The molecule has 5 nitrogen and oxygen atoms in total. The molecule has 1 heterocycles. The third-order valence-corrected chi connectivity index (χ3v) is 5.88. The summed E-state index contributed by atoms with van der Waals surface area (Å²) in [7, 11) is 2.05. The summed E-state index contributed by atoms with van der Waals surface area (Å²) in [6.07, 6.45) is 1.37. The van der Waals surface area contributed by atoms with Crippen molar-refractivity contribution in [1.29, 1.82) is 0 Å². The molecule has 148 valence electrons. The van der Waals surface area contributed by atoms with E-state index in [0.29, 0.717) is 26.4 Å². The fraction of sp³-hybridized carbons (Fsp3) is 0.435. The molecule has 5 heteroatoms. The van der Waals surface area contributed by atoms with Gasteiger partial charge >= 0.3 is 0 Å². The third kappa shape index (κ3) is 3.97. The van der Waals surface area contributed by atoms with Crippen LogP contribution in [0.5, 0.6) is 0 Å². The zero-order valence-corrected chi connectivity index (χ0v) is 16.4. The van der Waals surface area contributed by atoms with E-state index in [-0.39, 0.29) is 12.0 Å². The highest BCUT2D eigenvalue weighted by Gasteiger charge is 2.47. The van der Waals surface area contributed by atoms with Gasteiger partial charge in [-0.05, 0) is 23.7 Å². The molecule has 1 amide bonds. The Labute approximate surface area is 166 Å². The van der Waals surface area contributed by atoms with Crippen LogP contribution in [0.15, 0.2) is 54.6 Å². The van der Waals surface area contributed by atoms with E-state index in [4.69, 9.17) is 9.47 Å². The van der Waals surface area contributed by atoms with Crippen molar-refractivity contribution in [1.82, 2.24) is 10.2 Å². The summed E-state index contributed by atoms with van der Waals surface area (Å²) < 4.78 is 11.1. The minimum atomic E-state index is -0.588. The number of fused-ring (bicyclic) bond motifs is 1. The molecule has 0 aromatic heterocycles. The fourth-order valence-electron chi connectivity index (χ4n) is 4.23. The van der Waals surface area contributed by atoms with Gasteiger partial charge in [0.1, 0.15) is 5.54 Å². The lowest BCUT2D eigenvalue weighted by Crippen LogP contribution is -2.59. The lowest BCUT2D eigenvalue weighted by atomic mass is 9.91. The first-order valence-corrected chi connectivity index (χ1v) is 9.97. The van der Waals surface area contributed by atoms with Gasteiger partial charge < -0.3 is 14.8 Å². The lowest BCUT2D eigenvalue weighted by Gasteiger charge is -2.38. The highest BCUT2D eigenvalue weighted by atomic mass is 16.6. The van der Waals surface area contributed by atoms with Crippen molar-refractivity contribution in [2.75, 3.05) is 33.4 Å². The highest BCUT2D eigenvalue weighted by molar-refractivity contribution is 5.88. The molecular weight excluding hydrogens is 352 g/mol. The van der Waals surface area contributed by atoms with Crippen molar-refractivity contribution in [3.63, 3.8) is 0 Å². The van der Waals surface area contributed by atoms with E-state index in [1.807, 2.05) is 18.2 Å². The topological polar surface area (TPSA) is 50.8 Å². The monoisotopic (exact) mass is 380 g/mol. The van der Waals surface area contributed by atoms with Crippen LogP contribution in [-0.4, -0.2) is 55.9 Å². The van der Waals surface area contributed by atoms with E-state index in [1.54, 1.807) is 0 Å². The van der Waals surface area contributed by atoms with E-state index in [0.717, 1.165) is 19.4 Å². The third-order valence-electron chi connectivity index (χ3n) is 5.88. The number of carbonyl (C=O) groups is 1. The van der Waals surface area contributed by atoms with Crippen molar-refractivity contribution in [3.05, 3.63) is 71.3 Å². The highest BCUT2D eigenvalue weighted by Crippen LogP contribution is 2.35. The zero-order chi connectivity index (χ0) is 19.4. The summed E-state index contributed by atoms with van der Waals surface area (Å²) in [5.41, 5.74) is 3.14. The lowest BCUT2D eigenvalue weighted by molar-refractivity contribution is -0.135. The van der Waals surface area contributed by atoms with Gasteiger partial charge in [0.25, 0.3) is 0 Å². The van der Waals surface area contributed by atoms with Gasteiger partial charge in [-0.25, -0.2) is 0 Å². The van der Waals surface area contributed by atoms with E-state index < -0.39 is 5.54 Å². The predicted octanol–water partition coefficient (Wildman–Crippen LogP) is 2.19. The molecule has 1 atom stereocenters. The number of benzene rings is 2. The number of nitrogens with zero attached hydrogens (tertiary/aromatic N) is 1. The Hall–Kier alpha value is -2.21. The van der Waals surface area contributed by atoms with Crippen molar-refractivity contribution in [2.45, 2.75) is 31.0 Å². The Balaban J connectivity index is 1.52. The second kappa shape index (κ2) is 8.43. The van der Waals surface area contributed by atoms with E-state index >= 15 is 0 Å². The molecule has 0 bridgehead atoms. The number of nitrogens with one attached hydrogen (secondary N) is 1. The van der Waals surface area contributed by atoms with Crippen LogP contribution in [0.2, 0.25) is 0 Å². The number of likely N-dealkylation sites (N-methyl/N-ethyl adjacent to an activating group) is 1. The molecule has 1 unspecified atom stereocenters. The average molecular weight is 380 g/mol. The molecule has 1 aliphatic heterocycles. The molecule has 1 aliphatic carbocycles. The van der Waals surface area contributed by atoms with Crippen molar-refractivity contribution in [3.8, 4) is 0 Å². The Bertz CT molecular complexity index is 778. The van der Waals surface area contributed by atoms with Crippen molar-refractivity contribution in [2.24, 2.45) is 0 Å². The average Bonchev–Trinajstić information content (AvgIpc) is 3.14. The molecule has 2 aromatic carbocycles. The largest absolute Gasteiger partial charge is 0.376 e. The maximum atomic E-state index is 13.5. The van der Waals surface area contributed by atoms with Crippen molar-refractivity contribution >= 4 is 5.91 Å². The SMILES string of the molecule is CN(Cc1ccccc1)C1(C(=O)NCC2COCCO2)Cc2ccccc2C1. The molecule has 28 heavy (non-hydrogen) atoms. The minimum absolute atomic E-state index is 0.0660. The first kappa shape index (κ1) is 19.1. The van der Waals surface area contributed by atoms with Gasteiger partial charge in [-0.15, -0.1) is 0 Å². The summed E-state index contributed by atoms with van der Waals surface area (Å²) in [6.45, 7) is 2.96. The smallest absolute Gasteiger partial charge is 0.241 e. The normalized spacial score (nSPS) is 20.7. The maximum Gasteiger partial charge on any atom is 0.241 e. The first-order valence-electron chi connectivity index (χ1n) is 9.97. The number of hydrogen-bond donors (Lipinski definition) is 1. The fourth-order valence-corrected chi connectivity index (χ4v) is 4.23. The van der Waals surface area contributed by atoms with Gasteiger partial charge in [-0.2, -0.15) is 0 Å². The Kier molecular flexibility index (Phi) is 5.76. The Morgan fingerprint density at radius 1 is 1.07 bits per heavy atom. The summed E-state index contributed by atoms with van der Waals surface area (Å²) in [5.74, 6) is 0.0660. The van der Waals surface area contributed by atoms with Gasteiger partial charge in [0.05, 0.1) is 25.9 Å². The summed E-state index contributed by atoms with van der Waals surface area (Å²) in [4.78, 5) is 15.7. The van der Waals surface area contributed by atoms with Gasteiger partial charge in [-0.3, -0.25) is 9.69 Å². The number of hydrogen-bond acceptors (Lipinski definition) is 4. The van der Waals surface area contributed by atoms with Crippen LogP contribution in [0.25, 0.3) is 0 Å².